The number of phenolic OH excluding ortho intramolecular Hbond substituents is 2. The average Bonchev–Trinajstić information content (AvgIpc) is 2.62. The predicted octanol–water partition coefficient (Wildman–Crippen LogP) is 4.16. The van der Waals surface area contributed by atoms with E-state index >= 15 is 0 Å². The first-order chi connectivity index (χ1) is 12.3. The lowest BCUT2D eigenvalue weighted by molar-refractivity contribution is 0.442. The van der Waals surface area contributed by atoms with Gasteiger partial charge in [0, 0.05) is 17.0 Å². The van der Waals surface area contributed by atoms with E-state index < -0.39 is 20.8 Å². The van der Waals surface area contributed by atoms with E-state index in [1.807, 2.05) is 37.3 Å². The van der Waals surface area contributed by atoms with Crippen LogP contribution in [0.4, 0.5) is 0 Å². The van der Waals surface area contributed by atoms with Gasteiger partial charge in [-0.2, -0.15) is 8.42 Å². The van der Waals surface area contributed by atoms with Crippen LogP contribution in [0.1, 0.15) is 24.0 Å². The maximum atomic E-state index is 11.8. The third-order valence-electron chi connectivity index (χ3n) is 4.37. The lowest BCUT2D eigenvalue weighted by atomic mass is 9.90. The lowest BCUT2D eigenvalue weighted by Crippen LogP contribution is -2.04. The van der Waals surface area contributed by atoms with Crippen LogP contribution in [0.15, 0.2) is 71.6 Å². The van der Waals surface area contributed by atoms with E-state index in [9.17, 15) is 23.2 Å². The molecule has 26 heavy (non-hydrogen) atoms. The molecule has 134 valence electrons. The monoisotopic (exact) mass is 370 g/mol. The summed E-state index contributed by atoms with van der Waals surface area (Å²) >= 11 is 0. The summed E-state index contributed by atoms with van der Waals surface area (Å²) in [7, 11) is -4.65. The van der Waals surface area contributed by atoms with Gasteiger partial charge in [-0.05, 0) is 29.3 Å². The molecule has 5 nitrogen and oxygen atoms in total. The summed E-state index contributed by atoms with van der Waals surface area (Å²) in [6.07, 6.45) is 0. The number of hydrogen-bond acceptors (Lipinski definition) is 4. The molecule has 0 aliphatic rings. The van der Waals surface area contributed by atoms with Gasteiger partial charge in [-0.25, -0.2) is 0 Å². The van der Waals surface area contributed by atoms with Crippen molar-refractivity contribution in [2.75, 3.05) is 0 Å². The van der Waals surface area contributed by atoms with Crippen LogP contribution in [0.5, 0.6) is 11.5 Å². The summed E-state index contributed by atoms with van der Waals surface area (Å²) < 4.78 is 33.1. The van der Waals surface area contributed by atoms with Gasteiger partial charge in [0.15, 0.2) is 0 Å². The minimum absolute atomic E-state index is 0.103. The standard InChI is InChI=1S/C20H18O5S/c1-13(14-7-3-2-4-8-14)15-11-17(16-9-5-6-10-18(16)21)20(22)19(12-15)26(23,24)25/h2-13,21-22H,1H3,(H,23,24,25). The molecule has 0 saturated heterocycles. The number of phenols is 2. The van der Waals surface area contributed by atoms with Crippen molar-refractivity contribution in [2.45, 2.75) is 17.7 Å². The van der Waals surface area contributed by atoms with Crippen LogP contribution in [-0.2, 0) is 10.1 Å². The largest absolute Gasteiger partial charge is 0.507 e. The molecule has 0 spiro atoms. The molecule has 0 heterocycles. The first-order valence-electron chi connectivity index (χ1n) is 7.96. The zero-order valence-electron chi connectivity index (χ0n) is 14.0. The fraction of sp³-hybridized carbons (Fsp3) is 0.100. The van der Waals surface area contributed by atoms with Crippen LogP contribution >= 0.6 is 0 Å². The van der Waals surface area contributed by atoms with Gasteiger partial charge in [0.1, 0.15) is 16.4 Å². The highest BCUT2D eigenvalue weighted by Crippen LogP contribution is 2.41. The van der Waals surface area contributed by atoms with Crippen molar-refractivity contribution >= 4 is 10.1 Å². The highest BCUT2D eigenvalue weighted by molar-refractivity contribution is 7.86. The second-order valence-corrected chi connectivity index (χ2v) is 7.43. The summed E-state index contributed by atoms with van der Waals surface area (Å²) in [6.45, 7) is 1.89. The van der Waals surface area contributed by atoms with E-state index in [1.165, 1.54) is 12.1 Å². The topological polar surface area (TPSA) is 94.8 Å². The molecular weight excluding hydrogens is 352 g/mol. The molecule has 3 N–H and O–H groups in total. The molecule has 0 radical (unpaired) electrons. The van der Waals surface area contributed by atoms with Crippen molar-refractivity contribution in [3.8, 4) is 22.6 Å². The second kappa shape index (κ2) is 6.82. The number of hydrogen-bond donors (Lipinski definition) is 3. The molecule has 3 rings (SSSR count). The van der Waals surface area contributed by atoms with Crippen molar-refractivity contribution in [1.82, 2.24) is 0 Å². The third kappa shape index (κ3) is 3.42. The molecule has 1 atom stereocenters. The van der Waals surface area contributed by atoms with Crippen LogP contribution in [0, 0.1) is 0 Å². The maximum Gasteiger partial charge on any atom is 0.298 e. The van der Waals surface area contributed by atoms with E-state index in [2.05, 4.69) is 0 Å². The predicted molar refractivity (Wildman–Crippen MR) is 99.0 cm³/mol. The van der Waals surface area contributed by atoms with Crippen LogP contribution in [0.3, 0.4) is 0 Å². The Hall–Kier alpha value is -2.83. The van der Waals surface area contributed by atoms with Gasteiger partial charge in [-0.3, -0.25) is 4.55 Å². The summed E-state index contributed by atoms with van der Waals surface area (Å²) in [4.78, 5) is -0.587. The summed E-state index contributed by atoms with van der Waals surface area (Å²) in [5.41, 5.74) is 1.94. The highest BCUT2D eigenvalue weighted by Gasteiger charge is 2.23. The van der Waals surface area contributed by atoms with E-state index in [4.69, 9.17) is 0 Å². The van der Waals surface area contributed by atoms with Gasteiger partial charge in [-0.1, -0.05) is 55.5 Å². The lowest BCUT2D eigenvalue weighted by Gasteiger charge is -2.17. The summed E-state index contributed by atoms with van der Waals surface area (Å²) in [6, 6.07) is 18.6. The van der Waals surface area contributed by atoms with E-state index in [-0.39, 0.29) is 22.8 Å². The molecule has 0 aromatic heterocycles. The molecule has 0 amide bonds. The number of para-hydroxylation sites is 1. The Labute approximate surface area is 151 Å². The Bertz CT molecular complexity index is 1040. The Kier molecular flexibility index (Phi) is 4.71. The molecule has 0 aliphatic heterocycles. The zero-order valence-corrected chi connectivity index (χ0v) is 14.8. The van der Waals surface area contributed by atoms with Gasteiger partial charge < -0.3 is 10.2 Å². The molecule has 0 fully saturated rings. The Balaban J connectivity index is 2.27. The van der Waals surface area contributed by atoms with E-state index in [0.717, 1.165) is 5.56 Å². The molecule has 6 heteroatoms. The Morgan fingerprint density at radius 1 is 0.808 bits per heavy atom. The van der Waals surface area contributed by atoms with Crippen LogP contribution in [0.2, 0.25) is 0 Å². The molecule has 0 saturated carbocycles. The Morgan fingerprint density at radius 2 is 1.42 bits per heavy atom. The van der Waals surface area contributed by atoms with Crippen molar-refractivity contribution < 1.29 is 23.2 Å². The first-order valence-corrected chi connectivity index (χ1v) is 9.40. The SMILES string of the molecule is CC(c1ccccc1)c1cc(-c2ccccc2O)c(O)c(S(=O)(=O)O)c1. The molecular formula is C20H18O5S. The van der Waals surface area contributed by atoms with Crippen molar-refractivity contribution in [3.63, 3.8) is 0 Å². The summed E-state index contributed by atoms with van der Waals surface area (Å²) in [5, 5.41) is 20.5. The van der Waals surface area contributed by atoms with Crippen molar-refractivity contribution in [3.05, 3.63) is 77.9 Å². The average molecular weight is 370 g/mol. The van der Waals surface area contributed by atoms with Gasteiger partial charge in [0.2, 0.25) is 0 Å². The van der Waals surface area contributed by atoms with E-state index in [0.29, 0.717) is 5.56 Å². The second-order valence-electron chi connectivity index (χ2n) is 6.04. The fourth-order valence-electron chi connectivity index (χ4n) is 2.92. The molecule has 3 aromatic carbocycles. The molecule has 1 unspecified atom stereocenters. The van der Waals surface area contributed by atoms with Gasteiger partial charge >= 0.3 is 0 Å². The number of aromatic hydroxyl groups is 2. The Morgan fingerprint density at radius 3 is 2.04 bits per heavy atom. The van der Waals surface area contributed by atoms with Crippen molar-refractivity contribution in [2.24, 2.45) is 0 Å². The minimum Gasteiger partial charge on any atom is -0.507 e. The zero-order chi connectivity index (χ0) is 18.9. The smallest absolute Gasteiger partial charge is 0.298 e. The molecule has 3 aromatic rings. The first kappa shape index (κ1) is 18.0. The molecule has 0 bridgehead atoms. The van der Waals surface area contributed by atoms with Crippen LogP contribution in [-0.4, -0.2) is 23.2 Å². The van der Waals surface area contributed by atoms with Crippen LogP contribution < -0.4 is 0 Å². The minimum atomic E-state index is -4.65. The summed E-state index contributed by atoms with van der Waals surface area (Å²) in [5.74, 6) is -0.895. The van der Waals surface area contributed by atoms with Crippen molar-refractivity contribution in [1.29, 1.82) is 0 Å². The normalized spacial score (nSPS) is 12.7. The van der Waals surface area contributed by atoms with Gasteiger partial charge in [0.05, 0.1) is 0 Å². The highest BCUT2D eigenvalue weighted by atomic mass is 32.2. The van der Waals surface area contributed by atoms with E-state index in [1.54, 1.807) is 24.3 Å². The maximum absolute atomic E-state index is 11.8. The number of benzene rings is 3. The fourth-order valence-corrected chi connectivity index (χ4v) is 3.56. The van der Waals surface area contributed by atoms with Gasteiger partial charge in [0.25, 0.3) is 10.1 Å². The third-order valence-corrected chi connectivity index (χ3v) is 5.24. The quantitative estimate of drug-likeness (QED) is 0.599. The van der Waals surface area contributed by atoms with Gasteiger partial charge in [-0.15, -0.1) is 0 Å². The molecule has 0 aliphatic carbocycles. The number of rotatable bonds is 4. The van der Waals surface area contributed by atoms with Crippen LogP contribution in [0.25, 0.3) is 11.1 Å².